The molecule has 0 bridgehead atoms. The molecule has 0 amide bonds. The smallest absolute Gasteiger partial charge is 0.339 e. The van der Waals surface area contributed by atoms with Crippen molar-refractivity contribution >= 4 is 11.7 Å². The summed E-state index contributed by atoms with van der Waals surface area (Å²) >= 11 is 0. The monoisotopic (exact) mass is 290 g/mol. The lowest BCUT2D eigenvalue weighted by molar-refractivity contribution is 0.0601. The zero-order chi connectivity index (χ0) is 15.2. The van der Waals surface area contributed by atoms with Crippen molar-refractivity contribution in [1.29, 1.82) is 0 Å². The van der Waals surface area contributed by atoms with E-state index in [1.54, 1.807) is 18.2 Å². The van der Waals surface area contributed by atoms with Gasteiger partial charge in [0, 0.05) is 6.07 Å². The van der Waals surface area contributed by atoms with E-state index in [0.717, 1.165) is 0 Å². The molecule has 21 heavy (non-hydrogen) atoms. The molecule has 0 spiro atoms. The molecule has 0 fully saturated rings. The van der Waals surface area contributed by atoms with Crippen LogP contribution in [0.3, 0.4) is 0 Å². The Morgan fingerprint density at radius 2 is 2.10 bits per heavy atom. The summed E-state index contributed by atoms with van der Waals surface area (Å²) in [4.78, 5) is 15.9. The summed E-state index contributed by atoms with van der Waals surface area (Å²) in [6.07, 6.45) is 0. The number of rotatable bonds is 5. The third kappa shape index (κ3) is 3.68. The number of nitrogens with one attached hydrogen (secondary N) is 1. The van der Waals surface area contributed by atoms with E-state index in [1.165, 1.54) is 32.4 Å². The molecule has 1 aromatic heterocycles. The molecule has 2 aromatic rings. The average molecular weight is 290 g/mol. The normalized spacial score (nSPS) is 10.0. The highest BCUT2D eigenvalue weighted by Gasteiger charge is 2.12. The van der Waals surface area contributed by atoms with Crippen LogP contribution in [-0.4, -0.2) is 25.2 Å². The van der Waals surface area contributed by atoms with Crippen molar-refractivity contribution in [3.63, 3.8) is 0 Å². The number of carbonyl (C=O) groups is 1. The van der Waals surface area contributed by atoms with Crippen molar-refractivity contribution in [2.75, 3.05) is 19.5 Å². The molecule has 1 heterocycles. The number of carbonyl (C=O) groups excluding carboxylic acids is 1. The zero-order valence-electron chi connectivity index (χ0n) is 11.7. The molecule has 0 aliphatic rings. The third-order valence-corrected chi connectivity index (χ3v) is 2.84. The predicted octanol–water partition coefficient (Wildman–Crippen LogP) is 2.63. The lowest BCUT2D eigenvalue weighted by Crippen LogP contribution is -2.09. The van der Waals surface area contributed by atoms with Gasteiger partial charge in [0.25, 0.3) is 0 Å². The fourth-order valence-corrected chi connectivity index (χ4v) is 1.81. The van der Waals surface area contributed by atoms with E-state index in [9.17, 15) is 9.18 Å². The first-order valence-corrected chi connectivity index (χ1v) is 6.25. The number of ether oxygens (including phenoxy) is 2. The van der Waals surface area contributed by atoms with Gasteiger partial charge in [-0.25, -0.2) is 14.2 Å². The molecule has 1 N–H and O–H groups in total. The summed E-state index contributed by atoms with van der Waals surface area (Å²) in [5.74, 6) is -0.485. The second-order valence-electron chi connectivity index (χ2n) is 4.21. The van der Waals surface area contributed by atoms with Crippen LogP contribution < -0.4 is 10.1 Å². The third-order valence-electron chi connectivity index (χ3n) is 2.84. The van der Waals surface area contributed by atoms with Crippen LogP contribution in [0.1, 0.15) is 16.1 Å². The summed E-state index contributed by atoms with van der Waals surface area (Å²) in [6, 6.07) is 9.16. The Kier molecular flexibility index (Phi) is 4.71. The number of methoxy groups -OCH3 is 2. The molecule has 110 valence electrons. The second kappa shape index (κ2) is 6.69. The SMILES string of the molecule is COC(=O)c1ccc(F)cc1NCc1cccc(OC)n1. The molecular formula is C15H15FN2O3. The average Bonchev–Trinajstić information content (AvgIpc) is 2.52. The van der Waals surface area contributed by atoms with E-state index in [-0.39, 0.29) is 5.56 Å². The van der Waals surface area contributed by atoms with Gasteiger partial charge in [-0.05, 0) is 24.3 Å². The highest BCUT2D eigenvalue weighted by molar-refractivity contribution is 5.95. The van der Waals surface area contributed by atoms with Crippen molar-refractivity contribution < 1.29 is 18.7 Å². The highest BCUT2D eigenvalue weighted by atomic mass is 19.1. The Balaban J connectivity index is 2.18. The van der Waals surface area contributed by atoms with E-state index in [4.69, 9.17) is 4.74 Å². The lowest BCUT2D eigenvalue weighted by atomic mass is 10.1. The summed E-state index contributed by atoms with van der Waals surface area (Å²) in [6.45, 7) is 0.324. The van der Waals surface area contributed by atoms with Gasteiger partial charge in [0.15, 0.2) is 0 Å². The van der Waals surface area contributed by atoms with Gasteiger partial charge < -0.3 is 14.8 Å². The van der Waals surface area contributed by atoms with Gasteiger partial charge in [-0.1, -0.05) is 6.07 Å². The molecular weight excluding hydrogens is 275 g/mol. The minimum absolute atomic E-state index is 0.266. The summed E-state index contributed by atoms with van der Waals surface area (Å²) in [5, 5.41) is 2.98. The van der Waals surface area contributed by atoms with Gasteiger partial charge in [0.2, 0.25) is 5.88 Å². The molecule has 0 unspecified atom stereocenters. The van der Waals surface area contributed by atoms with Gasteiger partial charge in [-0.15, -0.1) is 0 Å². The molecule has 1 aromatic carbocycles. The van der Waals surface area contributed by atoms with E-state index in [2.05, 4.69) is 15.0 Å². The number of esters is 1. The number of aromatic nitrogens is 1. The predicted molar refractivity (Wildman–Crippen MR) is 75.9 cm³/mol. The molecule has 6 heteroatoms. The minimum Gasteiger partial charge on any atom is -0.481 e. The minimum atomic E-state index is -0.531. The number of nitrogens with zero attached hydrogens (tertiary/aromatic N) is 1. The van der Waals surface area contributed by atoms with Crippen LogP contribution in [0.5, 0.6) is 5.88 Å². The van der Waals surface area contributed by atoms with Crippen LogP contribution in [0.4, 0.5) is 10.1 Å². The van der Waals surface area contributed by atoms with Gasteiger partial charge in [-0.3, -0.25) is 0 Å². The fourth-order valence-electron chi connectivity index (χ4n) is 1.81. The molecule has 0 aliphatic heterocycles. The van der Waals surface area contributed by atoms with Gasteiger partial charge >= 0.3 is 5.97 Å². The fraction of sp³-hybridized carbons (Fsp3) is 0.200. The number of benzene rings is 1. The first kappa shape index (κ1) is 14.8. The van der Waals surface area contributed by atoms with E-state index in [1.807, 2.05) is 0 Å². The standard InChI is InChI=1S/C15H15FN2O3/c1-20-14-5-3-4-11(18-14)9-17-13-8-10(16)6-7-12(13)15(19)21-2/h3-8,17H,9H2,1-2H3. The summed E-state index contributed by atoms with van der Waals surface area (Å²) < 4.78 is 23.0. The molecule has 5 nitrogen and oxygen atoms in total. The van der Waals surface area contributed by atoms with Crippen molar-refractivity contribution in [3.8, 4) is 5.88 Å². The zero-order valence-corrected chi connectivity index (χ0v) is 11.7. The van der Waals surface area contributed by atoms with Gasteiger partial charge in [-0.2, -0.15) is 0 Å². The number of hydrogen-bond acceptors (Lipinski definition) is 5. The van der Waals surface area contributed by atoms with Gasteiger partial charge in [0.1, 0.15) is 5.82 Å². The van der Waals surface area contributed by atoms with Crippen LogP contribution >= 0.6 is 0 Å². The van der Waals surface area contributed by atoms with Crippen LogP contribution in [-0.2, 0) is 11.3 Å². The van der Waals surface area contributed by atoms with Crippen LogP contribution in [0, 0.1) is 5.82 Å². The quantitative estimate of drug-likeness (QED) is 0.858. The molecule has 0 saturated heterocycles. The first-order chi connectivity index (χ1) is 10.1. The van der Waals surface area contributed by atoms with Crippen molar-refractivity contribution in [2.45, 2.75) is 6.54 Å². The number of anilines is 1. The van der Waals surface area contributed by atoms with E-state index >= 15 is 0 Å². The number of hydrogen-bond donors (Lipinski definition) is 1. The van der Waals surface area contributed by atoms with Crippen LogP contribution in [0.15, 0.2) is 36.4 Å². The van der Waals surface area contributed by atoms with Crippen molar-refractivity contribution in [1.82, 2.24) is 4.98 Å². The van der Waals surface area contributed by atoms with Gasteiger partial charge in [0.05, 0.1) is 37.7 Å². The topological polar surface area (TPSA) is 60.5 Å². The maximum absolute atomic E-state index is 13.3. The Morgan fingerprint density at radius 3 is 2.81 bits per heavy atom. The highest BCUT2D eigenvalue weighted by Crippen LogP contribution is 2.19. The largest absolute Gasteiger partial charge is 0.481 e. The molecule has 0 atom stereocenters. The Labute approximate surface area is 121 Å². The number of halogens is 1. The van der Waals surface area contributed by atoms with Crippen LogP contribution in [0.2, 0.25) is 0 Å². The number of pyridine rings is 1. The molecule has 2 rings (SSSR count). The summed E-state index contributed by atoms with van der Waals surface area (Å²) in [7, 11) is 2.81. The van der Waals surface area contributed by atoms with Crippen molar-refractivity contribution in [3.05, 3.63) is 53.5 Å². The maximum atomic E-state index is 13.3. The van der Waals surface area contributed by atoms with Crippen LogP contribution in [0.25, 0.3) is 0 Å². The molecule has 0 aliphatic carbocycles. The second-order valence-corrected chi connectivity index (χ2v) is 4.21. The Bertz CT molecular complexity index is 647. The first-order valence-electron chi connectivity index (χ1n) is 6.25. The van der Waals surface area contributed by atoms with E-state index < -0.39 is 11.8 Å². The molecule has 0 saturated carbocycles. The molecule has 0 radical (unpaired) electrons. The van der Waals surface area contributed by atoms with Crippen molar-refractivity contribution in [2.24, 2.45) is 0 Å². The Hall–Kier alpha value is -2.63. The lowest BCUT2D eigenvalue weighted by Gasteiger charge is -2.11. The summed E-state index contributed by atoms with van der Waals surface area (Å²) in [5.41, 5.74) is 1.32. The van der Waals surface area contributed by atoms with E-state index in [0.29, 0.717) is 23.8 Å². The Morgan fingerprint density at radius 1 is 1.29 bits per heavy atom. The maximum Gasteiger partial charge on any atom is 0.339 e.